The monoisotopic (exact) mass is 497 g/mol. The Morgan fingerprint density at radius 1 is 1.14 bits per heavy atom. The van der Waals surface area contributed by atoms with Crippen molar-refractivity contribution in [3.63, 3.8) is 0 Å². The van der Waals surface area contributed by atoms with Gasteiger partial charge in [0.1, 0.15) is 6.23 Å². The maximum Gasteiger partial charge on any atom is 0.251 e. The summed E-state index contributed by atoms with van der Waals surface area (Å²) in [6, 6.07) is 12.1. The van der Waals surface area contributed by atoms with Crippen LogP contribution in [0.5, 0.6) is 0 Å². The second-order valence-electron chi connectivity index (χ2n) is 9.23. The van der Waals surface area contributed by atoms with Gasteiger partial charge in [0.2, 0.25) is 15.9 Å². The van der Waals surface area contributed by atoms with E-state index < -0.39 is 16.3 Å². The van der Waals surface area contributed by atoms with Crippen LogP contribution in [0.1, 0.15) is 39.9 Å². The van der Waals surface area contributed by atoms with Crippen molar-refractivity contribution >= 4 is 21.8 Å². The van der Waals surface area contributed by atoms with Gasteiger partial charge in [0.05, 0.1) is 11.0 Å². The molecule has 0 bridgehead atoms. The fraction of sp³-hybridized carbons (Fsp3) is 0.385. The lowest BCUT2D eigenvalue weighted by atomic mass is 9.94. The average Bonchev–Trinajstić information content (AvgIpc) is 3.23. The number of aryl methyl sites for hydroxylation is 2. The van der Waals surface area contributed by atoms with E-state index in [9.17, 15) is 18.0 Å². The summed E-state index contributed by atoms with van der Waals surface area (Å²) in [5.41, 5.74) is 3.67. The van der Waals surface area contributed by atoms with E-state index in [1.807, 2.05) is 26.0 Å². The van der Waals surface area contributed by atoms with Crippen molar-refractivity contribution in [3.05, 3.63) is 77.4 Å². The molecule has 3 unspecified atom stereocenters. The fourth-order valence-corrected chi connectivity index (χ4v) is 6.28. The number of nitrogens with zero attached hydrogens (tertiary/aromatic N) is 1. The molecule has 3 atom stereocenters. The molecule has 2 N–H and O–H groups in total. The van der Waals surface area contributed by atoms with Gasteiger partial charge in [-0.3, -0.25) is 9.59 Å². The number of benzene rings is 2. The number of rotatable bonds is 7. The number of hydrogen-bond acceptors (Lipinski definition) is 5. The highest BCUT2D eigenvalue weighted by atomic mass is 32.2. The quantitative estimate of drug-likeness (QED) is 0.573. The second-order valence-corrected chi connectivity index (χ2v) is 11.2. The molecular formula is C26H31N3O5S. The van der Waals surface area contributed by atoms with Crippen molar-refractivity contribution in [2.45, 2.75) is 50.5 Å². The molecule has 0 radical (unpaired) electrons. The number of hydrogen-bond donors (Lipinski definition) is 2. The fourth-order valence-electron chi connectivity index (χ4n) is 4.81. The molecule has 0 aliphatic carbocycles. The van der Waals surface area contributed by atoms with Gasteiger partial charge in [-0.15, -0.1) is 0 Å². The zero-order chi connectivity index (χ0) is 25.2. The highest BCUT2D eigenvalue weighted by Gasteiger charge is 2.42. The molecule has 2 fully saturated rings. The number of sulfonamides is 1. The van der Waals surface area contributed by atoms with Crippen LogP contribution in [0.25, 0.3) is 0 Å². The van der Waals surface area contributed by atoms with Crippen LogP contribution in [0, 0.1) is 19.8 Å². The molecule has 0 saturated carbocycles. The second kappa shape index (κ2) is 10.3. The maximum absolute atomic E-state index is 13.2. The predicted octanol–water partition coefficient (Wildman–Crippen LogP) is 2.66. The Labute approximate surface area is 206 Å². The zero-order valence-electron chi connectivity index (χ0n) is 20.0. The Morgan fingerprint density at radius 3 is 2.49 bits per heavy atom. The minimum atomic E-state index is -3.74. The van der Waals surface area contributed by atoms with Gasteiger partial charge < -0.3 is 15.4 Å². The first kappa shape index (κ1) is 25.1. The minimum Gasteiger partial charge on any atom is -0.354 e. The van der Waals surface area contributed by atoms with E-state index in [0.717, 1.165) is 16.7 Å². The summed E-state index contributed by atoms with van der Waals surface area (Å²) in [6.45, 7) is 8.47. The van der Waals surface area contributed by atoms with E-state index in [2.05, 4.69) is 23.3 Å². The van der Waals surface area contributed by atoms with Crippen LogP contribution in [0.2, 0.25) is 0 Å². The topological polar surface area (TPSA) is 105 Å². The summed E-state index contributed by atoms with van der Waals surface area (Å²) in [4.78, 5) is 24.3. The Balaban J connectivity index is 1.37. The first-order valence-corrected chi connectivity index (χ1v) is 13.1. The molecule has 8 nitrogen and oxygen atoms in total. The lowest BCUT2D eigenvalue weighted by molar-refractivity contribution is -0.120. The van der Waals surface area contributed by atoms with Gasteiger partial charge in [0, 0.05) is 25.2 Å². The van der Waals surface area contributed by atoms with E-state index in [1.165, 1.54) is 34.6 Å². The van der Waals surface area contributed by atoms with Gasteiger partial charge >= 0.3 is 0 Å². The first-order valence-electron chi connectivity index (χ1n) is 11.7. The van der Waals surface area contributed by atoms with Crippen molar-refractivity contribution in [3.8, 4) is 0 Å². The molecule has 0 spiro atoms. The van der Waals surface area contributed by atoms with E-state index >= 15 is 0 Å². The standard InChI is InChI=1S/C26H31N3O5S/c1-4-24(30)28-25-14-21-9-10-29(16-23(21)34-25)35(32,33)22-7-5-20(6-8-22)26(31)27-15-19-12-17(2)11-18(3)13-19/h4-8,11-13,21,23,25H,1,9-10,14-16H2,2-3H3,(H,27,31)(H,28,30). The highest BCUT2D eigenvalue weighted by molar-refractivity contribution is 7.89. The molecule has 2 amide bonds. The van der Waals surface area contributed by atoms with Crippen LogP contribution in [0.4, 0.5) is 0 Å². The maximum atomic E-state index is 13.2. The Bertz CT molecular complexity index is 1210. The summed E-state index contributed by atoms with van der Waals surface area (Å²) in [5.74, 6) is -0.378. The van der Waals surface area contributed by atoms with Crippen LogP contribution >= 0.6 is 0 Å². The third kappa shape index (κ3) is 5.80. The van der Waals surface area contributed by atoms with Crippen molar-refractivity contribution in [2.24, 2.45) is 5.92 Å². The Hall–Kier alpha value is -3.01. The smallest absolute Gasteiger partial charge is 0.251 e. The molecule has 2 aromatic rings. The van der Waals surface area contributed by atoms with Gasteiger partial charge in [0.15, 0.2) is 0 Å². The lowest BCUT2D eigenvalue weighted by Crippen LogP contribution is -2.45. The molecule has 2 aliphatic heterocycles. The number of ether oxygens (including phenoxy) is 1. The largest absolute Gasteiger partial charge is 0.354 e. The van der Waals surface area contributed by atoms with Crippen LogP contribution in [0.3, 0.4) is 0 Å². The number of amides is 2. The van der Waals surface area contributed by atoms with Crippen LogP contribution in [0.15, 0.2) is 60.0 Å². The van der Waals surface area contributed by atoms with Crippen LogP contribution in [-0.4, -0.2) is 50.0 Å². The predicted molar refractivity (Wildman–Crippen MR) is 132 cm³/mol. The molecule has 2 saturated heterocycles. The van der Waals surface area contributed by atoms with Crippen molar-refractivity contribution in [1.29, 1.82) is 0 Å². The minimum absolute atomic E-state index is 0.135. The SMILES string of the molecule is C=CC(=O)NC1CC2CCN(S(=O)(=O)c3ccc(C(=O)NCc4cc(C)cc(C)c4)cc3)CC2O1. The van der Waals surface area contributed by atoms with Crippen molar-refractivity contribution in [2.75, 3.05) is 13.1 Å². The Morgan fingerprint density at radius 2 is 1.83 bits per heavy atom. The number of nitrogens with one attached hydrogen (secondary N) is 2. The van der Waals surface area contributed by atoms with Gasteiger partial charge in [-0.2, -0.15) is 4.31 Å². The number of carbonyl (C=O) groups is 2. The molecule has 4 rings (SSSR count). The first-order chi connectivity index (χ1) is 16.7. The average molecular weight is 498 g/mol. The molecule has 2 aromatic carbocycles. The third-order valence-corrected chi connectivity index (χ3v) is 8.37. The van der Waals surface area contributed by atoms with E-state index in [4.69, 9.17) is 4.74 Å². The van der Waals surface area contributed by atoms with E-state index in [0.29, 0.717) is 31.5 Å². The summed E-state index contributed by atoms with van der Waals surface area (Å²) >= 11 is 0. The van der Waals surface area contributed by atoms with E-state index in [-0.39, 0.29) is 35.3 Å². The molecule has 186 valence electrons. The highest BCUT2D eigenvalue weighted by Crippen LogP contribution is 2.34. The third-order valence-electron chi connectivity index (χ3n) is 6.49. The molecule has 0 aromatic heterocycles. The van der Waals surface area contributed by atoms with Gasteiger partial charge in [-0.05, 0) is 68.5 Å². The van der Waals surface area contributed by atoms with Crippen LogP contribution in [-0.2, 0) is 26.1 Å². The summed E-state index contributed by atoms with van der Waals surface area (Å²) < 4.78 is 33.8. The van der Waals surface area contributed by atoms with Gasteiger partial charge in [-0.25, -0.2) is 8.42 Å². The molecule has 2 aliphatic rings. The van der Waals surface area contributed by atoms with Gasteiger partial charge in [0.25, 0.3) is 5.91 Å². The molecule has 2 heterocycles. The van der Waals surface area contributed by atoms with Gasteiger partial charge in [-0.1, -0.05) is 35.9 Å². The normalized spacial score (nSPS) is 22.3. The summed E-state index contributed by atoms with van der Waals surface area (Å²) in [5, 5.41) is 5.61. The number of piperidine rings is 1. The molecule has 9 heteroatoms. The number of fused-ring (bicyclic) bond motifs is 1. The molecular weight excluding hydrogens is 466 g/mol. The Kier molecular flexibility index (Phi) is 7.39. The van der Waals surface area contributed by atoms with Crippen molar-refractivity contribution < 1.29 is 22.7 Å². The van der Waals surface area contributed by atoms with Crippen molar-refractivity contribution in [1.82, 2.24) is 14.9 Å². The van der Waals surface area contributed by atoms with Crippen LogP contribution < -0.4 is 10.6 Å². The molecule has 35 heavy (non-hydrogen) atoms. The summed E-state index contributed by atoms with van der Waals surface area (Å²) in [7, 11) is -3.74. The zero-order valence-corrected chi connectivity index (χ0v) is 20.8. The summed E-state index contributed by atoms with van der Waals surface area (Å²) in [6.07, 6.45) is 1.80. The number of carbonyl (C=O) groups excluding carboxylic acids is 2. The lowest BCUT2D eigenvalue weighted by Gasteiger charge is -2.33. The van der Waals surface area contributed by atoms with E-state index in [1.54, 1.807) is 0 Å².